The van der Waals surface area contributed by atoms with Crippen LogP contribution in [0.1, 0.15) is 26.5 Å². The smallest absolute Gasteiger partial charge is 0.353 e. The first-order chi connectivity index (χ1) is 17.7. The molecule has 4 aromatic rings. The fourth-order valence-corrected chi connectivity index (χ4v) is 3.42. The molecule has 0 aliphatic rings. The number of nitrogens with zero attached hydrogens (tertiary/aromatic N) is 3. The first-order valence-corrected chi connectivity index (χ1v) is 11.1. The molecule has 2 heterocycles. The number of anilines is 1. The maximum Gasteiger partial charge on any atom is 0.433 e. The van der Waals surface area contributed by atoms with Gasteiger partial charge in [-0.1, -0.05) is 24.3 Å². The second-order valence-electron chi connectivity index (χ2n) is 7.93. The van der Waals surface area contributed by atoms with Crippen molar-refractivity contribution in [1.82, 2.24) is 25.4 Å². The molecule has 12 heteroatoms. The van der Waals surface area contributed by atoms with Crippen molar-refractivity contribution in [3.63, 3.8) is 0 Å². The zero-order chi connectivity index (χ0) is 26.4. The maximum atomic E-state index is 12.9. The van der Waals surface area contributed by atoms with Gasteiger partial charge in [0.2, 0.25) is 5.91 Å². The van der Waals surface area contributed by atoms with Crippen LogP contribution in [0, 0.1) is 0 Å². The van der Waals surface area contributed by atoms with Crippen molar-refractivity contribution in [3.05, 3.63) is 89.9 Å². The Kier molecular flexibility index (Phi) is 7.47. The SMILES string of the molecule is O=C(Cn1cc2cc(NC(=O)c3cccc(C(F)(F)F)n3)ccc2n1)NCCNC(=O)c1ccccc1. The minimum absolute atomic E-state index is 0.0723. The van der Waals surface area contributed by atoms with E-state index in [0.29, 0.717) is 22.2 Å². The van der Waals surface area contributed by atoms with Crippen molar-refractivity contribution in [2.24, 2.45) is 0 Å². The molecule has 0 aliphatic heterocycles. The molecule has 37 heavy (non-hydrogen) atoms. The number of rotatable bonds is 8. The standard InChI is InChI=1S/C25H21F3N6O3/c26-25(27,28)21-8-4-7-20(32-21)24(37)31-18-9-10-19-17(13-18)14-34(33-19)15-22(35)29-11-12-30-23(36)16-5-2-1-3-6-16/h1-10,13-14H,11-12,15H2,(H,29,35)(H,30,36)(H,31,37). The lowest BCUT2D eigenvalue weighted by molar-refractivity contribution is -0.141. The third-order valence-electron chi connectivity index (χ3n) is 5.16. The van der Waals surface area contributed by atoms with Crippen LogP contribution in [0.3, 0.4) is 0 Å². The summed E-state index contributed by atoms with van der Waals surface area (Å²) in [6.07, 6.45) is -3.06. The largest absolute Gasteiger partial charge is 0.433 e. The van der Waals surface area contributed by atoms with E-state index in [1.807, 2.05) is 6.07 Å². The number of hydrogen-bond acceptors (Lipinski definition) is 5. The minimum atomic E-state index is -4.66. The molecule has 9 nitrogen and oxygen atoms in total. The normalized spacial score (nSPS) is 11.2. The highest BCUT2D eigenvalue weighted by Crippen LogP contribution is 2.27. The molecule has 0 bridgehead atoms. The Morgan fingerprint density at radius 3 is 2.38 bits per heavy atom. The number of pyridine rings is 1. The molecule has 0 aliphatic carbocycles. The Morgan fingerprint density at radius 1 is 0.865 bits per heavy atom. The van der Waals surface area contributed by atoms with Crippen molar-refractivity contribution < 1.29 is 27.6 Å². The summed E-state index contributed by atoms with van der Waals surface area (Å²) >= 11 is 0. The summed E-state index contributed by atoms with van der Waals surface area (Å²) in [5.74, 6) is -1.35. The Morgan fingerprint density at radius 2 is 1.62 bits per heavy atom. The summed E-state index contributed by atoms with van der Waals surface area (Å²) in [6.45, 7) is 0.416. The molecule has 3 amide bonds. The highest BCUT2D eigenvalue weighted by Gasteiger charge is 2.32. The molecule has 0 atom stereocenters. The molecular weight excluding hydrogens is 489 g/mol. The summed E-state index contributed by atoms with van der Waals surface area (Å²) in [4.78, 5) is 40.0. The number of amides is 3. The van der Waals surface area contributed by atoms with Gasteiger partial charge in [-0.05, 0) is 42.5 Å². The Bertz CT molecular complexity index is 1440. The van der Waals surface area contributed by atoms with Crippen LogP contribution >= 0.6 is 0 Å². The number of alkyl halides is 3. The summed E-state index contributed by atoms with van der Waals surface area (Å²) in [5.41, 5.74) is -0.123. The van der Waals surface area contributed by atoms with Gasteiger partial charge in [0.25, 0.3) is 11.8 Å². The summed E-state index contributed by atoms with van der Waals surface area (Å²) < 4.78 is 40.0. The quantitative estimate of drug-likeness (QED) is 0.315. The Labute approximate surface area is 208 Å². The van der Waals surface area contributed by atoms with Gasteiger partial charge in [0.05, 0.1) is 5.52 Å². The fourth-order valence-electron chi connectivity index (χ4n) is 3.42. The average molecular weight is 510 g/mol. The number of carbonyl (C=O) groups is 3. The molecule has 2 aromatic carbocycles. The van der Waals surface area contributed by atoms with Crippen LogP contribution in [0.15, 0.2) is 72.9 Å². The number of carbonyl (C=O) groups excluding carboxylic acids is 3. The highest BCUT2D eigenvalue weighted by molar-refractivity contribution is 6.03. The van der Waals surface area contributed by atoms with E-state index in [1.165, 1.54) is 10.7 Å². The second-order valence-corrected chi connectivity index (χ2v) is 7.93. The lowest BCUT2D eigenvalue weighted by Gasteiger charge is -2.08. The van der Waals surface area contributed by atoms with E-state index >= 15 is 0 Å². The van der Waals surface area contributed by atoms with E-state index in [1.54, 1.807) is 48.7 Å². The molecule has 0 spiro atoms. The molecule has 0 unspecified atom stereocenters. The van der Waals surface area contributed by atoms with Gasteiger partial charge in [-0.15, -0.1) is 0 Å². The molecule has 0 radical (unpaired) electrons. The molecular formula is C25H21F3N6O3. The number of benzene rings is 2. The van der Waals surface area contributed by atoms with Crippen LogP contribution in [-0.4, -0.2) is 45.6 Å². The third-order valence-corrected chi connectivity index (χ3v) is 5.16. The van der Waals surface area contributed by atoms with Crippen molar-refractivity contribution >= 4 is 34.3 Å². The number of halogens is 3. The highest BCUT2D eigenvalue weighted by atomic mass is 19.4. The van der Waals surface area contributed by atoms with Crippen LogP contribution in [0.25, 0.3) is 10.9 Å². The number of fused-ring (bicyclic) bond motifs is 1. The predicted molar refractivity (Wildman–Crippen MR) is 129 cm³/mol. The average Bonchev–Trinajstić information content (AvgIpc) is 3.28. The van der Waals surface area contributed by atoms with E-state index in [0.717, 1.165) is 12.1 Å². The monoisotopic (exact) mass is 510 g/mol. The van der Waals surface area contributed by atoms with Crippen LogP contribution in [0.5, 0.6) is 0 Å². The lowest BCUT2D eigenvalue weighted by atomic mass is 10.2. The second kappa shape index (κ2) is 10.9. The van der Waals surface area contributed by atoms with Gasteiger partial charge < -0.3 is 16.0 Å². The Hall–Kier alpha value is -4.74. The third kappa shape index (κ3) is 6.69. The van der Waals surface area contributed by atoms with Crippen LogP contribution in [0.2, 0.25) is 0 Å². The lowest BCUT2D eigenvalue weighted by Crippen LogP contribution is -2.36. The van der Waals surface area contributed by atoms with Crippen LogP contribution in [0.4, 0.5) is 18.9 Å². The van der Waals surface area contributed by atoms with E-state index in [-0.39, 0.29) is 37.1 Å². The summed E-state index contributed by atoms with van der Waals surface area (Å²) in [6, 6.07) is 16.5. The first-order valence-electron chi connectivity index (χ1n) is 11.1. The number of nitrogens with one attached hydrogen (secondary N) is 3. The molecule has 0 saturated heterocycles. The Balaban J connectivity index is 1.30. The van der Waals surface area contributed by atoms with Gasteiger partial charge in [0, 0.05) is 35.9 Å². The fraction of sp³-hybridized carbons (Fsp3) is 0.160. The van der Waals surface area contributed by atoms with Gasteiger partial charge >= 0.3 is 6.18 Å². The number of aromatic nitrogens is 3. The topological polar surface area (TPSA) is 118 Å². The van der Waals surface area contributed by atoms with Crippen LogP contribution in [-0.2, 0) is 17.5 Å². The molecule has 2 aromatic heterocycles. The van der Waals surface area contributed by atoms with Gasteiger partial charge in [0.15, 0.2) is 0 Å². The summed E-state index contributed by atoms with van der Waals surface area (Å²) in [5, 5.41) is 12.8. The van der Waals surface area contributed by atoms with Gasteiger partial charge in [0.1, 0.15) is 17.9 Å². The van der Waals surface area contributed by atoms with Crippen molar-refractivity contribution in [3.8, 4) is 0 Å². The van der Waals surface area contributed by atoms with Crippen molar-refractivity contribution in [1.29, 1.82) is 0 Å². The van der Waals surface area contributed by atoms with Crippen molar-refractivity contribution in [2.75, 3.05) is 18.4 Å². The van der Waals surface area contributed by atoms with Gasteiger partial charge in [-0.2, -0.15) is 18.3 Å². The molecule has 4 rings (SSSR count). The van der Waals surface area contributed by atoms with Gasteiger partial charge in [-0.3, -0.25) is 19.1 Å². The van der Waals surface area contributed by atoms with Crippen LogP contribution < -0.4 is 16.0 Å². The van der Waals surface area contributed by atoms with E-state index in [4.69, 9.17) is 0 Å². The molecule has 0 saturated carbocycles. The predicted octanol–water partition coefficient (Wildman–Crippen LogP) is 3.25. The minimum Gasteiger partial charge on any atom is -0.353 e. The van der Waals surface area contributed by atoms with E-state index in [9.17, 15) is 27.6 Å². The first kappa shape index (κ1) is 25.4. The van der Waals surface area contributed by atoms with E-state index < -0.39 is 17.8 Å². The molecule has 190 valence electrons. The molecule has 3 N–H and O–H groups in total. The number of hydrogen-bond donors (Lipinski definition) is 3. The van der Waals surface area contributed by atoms with E-state index in [2.05, 4.69) is 26.0 Å². The summed E-state index contributed by atoms with van der Waals surface area (Å²) in [7, 11) is 0. The molecule has 0 fully saturated rings. The maximum absolute atomic E-state index is 12.9. The van der Waals surface area contributed by atoms with Gasteiger partial charge in [-0.25, -0.2) is 4.98 Å². The zero-order valence-electron chi connectivity index (χ0n) is 19.2. The van der Waals surface area contributed by atoms with Crippen molar-refractivity contribution in [2.45, 2.75) is 12.7 Å². The zero-order valence-corrected chi connectivity index (χ0v) is 19.2.